The van der Waals surface area contributed by atoms with Crippen LogP contribution in [0.25, 0.3) is 0 Å². The summed E-state index contributed by atoms with van der Waals surface area (Å²) in [5.41, 5.74) is -0.659. The minimum Gasteiger partial charge on any atom is -0.478 e. The molecule has 1 aromatic heterocycles. The number of pyridine rings is 1. The van der Waals surface area contributed by atoms with E-state index < -0.39 is 16.6 Å². The van der Waals surface area contributed by atoms with E-state index in [2.05, 4.69) is 4.98 Å². The summed E-state index contributed by atoms with van der Waals surface area (Å²) in [6.45, 7) is 1.46. The lowest BCUT2D eigenvalue weighted by Crippen LogP contribution is -2.33. The number of carboxylic acid groups (broad SMARTS) is 1. The average molecular weight is 255 g/mol. The standard InChI is InChI=1S/C10H13N3O5/c1-6(5-14)12(2)9-8(13(17)18)3-7(4-11-9)10(15)16/h3-4,6,14H,5H2,1-2H3,(H,15,16). The van der Waals surface area contributed by atoms with Crippen molar-refractivity contribution < 1.29 is 19.9 Å². The van der Waals surface area contributed by atoms with E-state index in [1.165, 1.54) is 11.9 Å². The molecule has 1 atom stereocenters. The van der Waals surface area contributed by atoms with E-state index in [1.807, 2.05) is 0 Å². The van der Waals surface area contributed by atoms with Gasteiger partial charge < -0.3 is 15.1 Å². The molecule has 0 saturated carbocycles. The van der Waals surface area contributed by atoms with Gasteiger partial charge in [-0.3, -0.25) is 10.1 Å². The molecule has 1 heterocycles. The van der Waals surface area contributed by atoms with Crippen molar-refractivity contribution >= 4 is 17.5 Å². The van der Waals surface area contributed by atoms with Gasteiger partial charge in [0.05, 0.1) is 23.1 Å². The van der Waals surface area contributed by atoms with Crippen LogP contribution in [0.15, 0.2) is 12.3 Å². The van der Waals surface area contributed by atoms with Crippen LogP contribution in [-0.4, -0.2) is 45.8 Å². The van der Waals surface area contributed by atoms with Gasteiger partial charge in [0.1, 0.15) is 0 Å². The van der Waals surface area contributed by atoms with E-state index in [4.69, 9.17) is 10.2 Å². The molecule has 0 aliphatic heterocycles. The number of rotatable bonds is 5. The smallest absolute Gasteiger partial charge is 0.337 e. The summed E-state index contributed by atoms with van der Waals surface area (Å²) in [6, 6.07) is 0.581. The highest BCUT2D eigenvalue weighted by molar-refractivity contribution is 5.88. The van der Waals surface area contributed by atoms with Gasteiger partial charge in [0, 0.05) is 19.3 Å². The summed E-state index contributed by atoms with van der Waals surface area (Å²) in [6.07, 6.45) is 1.05. The van der Waals surface area contributed by atoms with Gasteiger partial charge in [0.25, 0.3) is 0 Å². The zero-order chi connectivity index (χ0) is 13.9. The molecule has 0 fully saturated rings. The molecule has 0 aliphatic rings. The highest BCUT2D eigenvalue weighted by Crippen LogP contribution is 2.26. The highest BCUT2D eigenvalue weighted by Gasteiger charge is 2.23. The molecule has 2 N–H and O–H groups in total. The summed E-state index contributed by atoms with van der Waals surface area (Å²) in [4.78, 5) is 26.1. The quantitative estimate of drug-likeness (QED) is 0.581. The predicted octanol–water partition coefficient (Wildman–Crippen LogP) is 0.505. The van der Waals surface area contributed by atoms with Gasteiger partial charge in [-0.15, -0.1) is 0 Å². The third-order valence-corrected chi connectivity index (χ3v) is 2.55. The first-order valence-corrected chi connectivity index (χ1v) is 5.10. The highest BCUT2D eigenvalue weighted by atomic mass is 16.6. The number of aliphatic hydroxyl groups is 1. The number of nitro groups is 1. The van der Waals surface area contributed by atoms with Gasteiger partial charge in [-0.2, -0.15) is 0 Å². The number of aliphatic hydroxyl groups excluding tert-OH is 1. The minimum absolute atomic E-state index is 0.0200. The van der Waals surface area contributed by atoms with E-state index in [-0.39, 0.29) is 24.0 Å². The minimum atomic E-state index is -1.28. The zero-order valence-corrected chi connectivity index (χ0v) is 9.90. The molecule has 1 unspecified atom stereocenters. The maximum Gasteiger partial charge on any atom is 0.337 e. The summed E-state index contributed by atoms with van der Waals surface area (Å²) < 4.78 is 0. The molecule has 0 bridgehead atoms. The van der Waals surface area contributed by atoms with Gasteiger partial charge in [0.2, 0.25) is 5.82 Å². The van der Waals surface area contributed by atoms with Crippen molar-refractivity contribution in [3.8, 4) is 0 Å². The van der Waals surface area contributed by atoms with Crippen molar-refractivity contribution in [1.82, 2.24) is 4.98 Å². The molecular weight excluding hydrogens is 242 g/mol. The van der Waals surface area contributed by atoms with Crippen LogP contribution in [0.2, 0.25) is 0 Å². The maximum absolute atomic E-state index is 10.9. The molecule has 0 spiro atoms. The number of nitrogens with zero attached hydrogens (tertiary/aromatic N) is 3. The number of likely N-dealkylation sites (N-methyl/N-ethyl adjacent to an activating group) is 1. The summed E-state index contributed by atoms with van der Waals surface area (Å²) >= 11 is 0. The van der Waals surface area contributed by atoms with Gasteiger partial charge >= 0.3 is 11.7 Å². The normalized spacial score (nSPS) is 11.9. The zero-order valence-electron chi connectivity index (χ0n) is 9.90. The van der Waals surface area contributed by atoms with Gasteiger partial charge in [0.15, 0.2) is 0 Å². The van der Waals surface area contributed by atoms with Gasteiger partial charge in [-0.05, 0) is 6.92 Å². The molecule has 1 aromatic rings. The van der Waals surface area contributed by atoms with Crippen LogP contribution >= 0.6 is 0 Å². The number of carboxylic acids is 1. The van der Waals surface area contributed by atoms with Crippen LogP contribution in [0.4, 0.5) is 11.5 Å². The molecule has 1 rings (SSSR count). The van der Waals surface area contributed by atoms with Crippen molar-refractivity contribution in [1.29, 1.82) is 0 Å². The number of anilines is 1. The number of carbonyl (C=O) groups is 1. The Morgan fingerprint density at radius 3 is 2.72 bits per heavy atom. The lowest BCUT2D eigenvalue weighted by Gasteiger charge is -2.23. The SMILES string of the molecule is CC(CO)N(C)c1ncc(C(=O)O)cc1[N+](=O)[O-]. The van der Waals surface area contributed by atoms with Crippen LogP contribution in [0, 0.1) is 10.1 Å². The largest absolute Gasteiger partial charge is 0.478 e. The topological polar surface area (TPSA) is 117 Å². The lowest BCUT2D eigenvalue weighted by molar-refractivity contribution is -0.384. The van der Waals surface area contributed by atoms with Crippen LogP contribution in [-0.2, 0) is 0 Å². The summed E-state index contributed by atoms with van der Waals surface area (Å²) in [7, 11) is 1.54. The van der Waals surface area contributed by atoms with Crippen LogP contribution in [0.1, 0.15) is 17.3 Å². The molecule has 0 aromatic carbocycles. The van der Waals surface area contributed by atoms with E-state index >= 15 is 0 Å². The Morgan fingerprint density at radius 2 is 2.28 bits per heavy atom. The molecular formula is C10H13N3O5. The van der Waals surface area contributed by atoms with E-state index in [1.54, 1.807) is 6.92 Å². The van der Waals surface area contributed by atoms with Crippen molar-refractivity contribution in [2.45, 2.75) is 13.0 Å². The van der Waals surface area contributed by atoms with Crippen molar-refractivity contribution in [3.05, 3.63) is 27.9 Å². The molecule has 0 aliphatic carbocycles. The predicted molar refractivity (Wildman–Crippen MR) is 62.8 cm³/mol. The molecule has 18 heavy (non-hydrogen) atoms. The second kappa shape index (κ2) is 5.41. The fourth-order valence-corrected chi connectivity index (χ4v) is 1.30. The third kappa shape index (κ3) is 2.72. The molecule has 0 radical (unpaired) electrons. The fourth-order valence-electron chi connectivity index (χ4n) is 1.30. The molecule has 8 heteroatoms. The van der Waals surface area contributed by atoms with Gasteiger partial charge in [-0.25, -0.2) is 9.78 Å². The first-order chi connectivity index (χ1) is 8.38. The van der Waals surface area contributed by atoms with Crippen LogP contribution < -0.4 is 4.90 Å². The fraction of sp³-hybridized carbons (Fsp3) is 0.400. The van der Waals surface area contributed by atoms with Crippen molar-refractivity contribution in [3.63, 3.8) is 0 Å². The Morgan fingerprint density at radius 1 is 1.67 bits per heavy atom. The number of aromatic nitrogens is 1. The van der Waals surface area contributed by atoms with E-state index in [9.17, 15) is 14.9 Å². The second-order valence-corrected chi connectivity index (χ2v) is 3.77. The second-order valence-electron chi connectivity index (χ2n) is 3.77. The summed E-state index contributed by atoms with van der Waals surface area (Å²) in [5.74, 6) is -1.26. The van der Waals surface area contributed by atoms with Crippen molar-refractivity contribution in [2.24, 2.45) is 0 Å². The Labute approximate surface area is 103 Å². The van der Waals surface area contributed by atoms with Crippen molar-refractivity contribution in [2.75, 3.05) is 18.6 Å². The van der Waals surface area contributed by atoms with Gasteiger partial charge in [-0.1, -0.05) is 0 Å². The molecule has 98 valence electrons. The monoisotopic (exact) mass is 255 g/mol. The first kappa shape index (κ1) is 13.8. The van der Waals surface area contributed by atoms with Crippen LogP contribution in [0.3, 0.4) is 0 Å². The Bertz CT molecular complexity index is 477. The van der Waals surface area contributed by atoms with E-state index in [0.29, 0.717) is 0 Å². The van der Waals surface area contributed by atoms with E-state index in [0.717, 1.165) is 12.3 Å². The van der Waals surface area contributed by atoms with Crippen LogP contribution in [0.5, 0.6) is 0 Å². The Balaban J connectivity index is 3.27. The number of hydrogen-bond donors (Lipinski definition) is 2. The lowest BCUT2D eigenvalue weighted by atomic mass is 10.2. The Kier molecular flexibility index (Phi) is 4.16. The summed E-state index contributed by atoms with van der Waals surface area (Å²) in [5, 5.41) is 28.7. The maximum atomic E-state index is 10.9. The average Bonchev–Trinajstić information content (AvgIpc) is 2.35. The number of aromatic carboxylic acids is 1. The number of hydrogen-bond acceptors (Lipinski definition) is 6. The molecule has 0 saturated heterocycles. The molecule has 0 amide bonds. The third-order valence-electron chi connectivity index (χ3n) is 2.55. The Hall–Kier alpha value is -2.22. The molecule has 8 nitrogen and oxygen atoms in total. The first-order valence-electron chi connectivity index (χ1n) is 5.10.